The monoisotopic (exact) mass is 285 g/mol. The van der Waals surface area contributed by atoms with E-state index in [2.05, 4.69) is 5.10 Å². The summed E-state index contributed by atoms with van der Waals surface area (Å²) < 4.78 is 3.35. The second-order valence-corrected chi connectivity index (χ2v) is 5.82. The molecule has 0 bridgehead atoms. The van der Waals surface area contributed by atoms with E-state index in [1.54, 1.807) is 26.6 Å². The zero-order chi connectivity index (χ0) is 14.1. The summed E-state index contributed by atoms with van der Waals surface area (Å²) in [5, 5.41) is 6.46. The van der Waals surface area contributed by atoms with Gasteiger partial charge in [-0.15, -0.1) is 11.3 Å². The summed E-state index contributed by atoms with van der Waals surface area (Å²) >= 11 is 1.62. The predicted molar refractivity (Wildman–Crippen MR) is 82.2 cm³/mol. The molecule has 4 nitrogen and oxygen atoms in total. The maximum absolute atomic E-state index is 12.4. The quantitative estimate of drug-likeness (QED) is 0.693. The van der Waals surface area contributed by atoms with Crippen LogP contribution in [0.1, 0.15) is 13.8 Å². The molecule has 102 valence electrons. The van der Waals surface area contributed by atoms with Gasteiger partial charge in [0.15, 0.2) is 0 Å². The van der Waals surface area contributed by atoms with Gasteiger partial charge in [-0.25, -0.2) is 4.52 Å². The van der Waals surface area contributed by atoms with E-state index < -0.39 is 0 Å². The molecule has 5 heteroatoms. The average molecular weight is 285 g/mol. The lowest BCUT2D eigenvalue weighted by Crippen LogP contribution is -2.20. The lowest BCUT2D eigenvalue weighted by atomic mass is 10.3. The van der Waals surface area contributed by atoms with Crippen LogP contribution in [0.3, 0.4) is 0 Å². The molecule has 0 radical (unpaired) electrons. The molecule has 20 heavy (non-hydrogen) atoms. The van der Waals surface area contributed by atoms with Crippen molar-refractivity contribution in [2.45, 2.75) is 20.4 Å². The lowest BCUT2D eigenvalue weighted by molar-refractivity contribution is 0.756. The maximum atomic E-state index is 12.4. The molecule has 0 aromatic carbocycles. The highest BCUT2D eigenvalue weighted by atomic mass is 32.1. The van der Waals surface area contributed by atoms with E-state index in [0.29, 0.717) is 12.1 Å². The third-order valence-corrected chi connectivity index (χ3v) is 3.97. The summed E-state index contributed by atoms with van der Waals surface area (Å²) in [6.45, 7) is 4.64. The van der Waals surface area contributed by atoms with Crippen molar-refractivity contribution < 1.29 is 0 Å². The molecule has 0 saturated carbocycles. The molecule has 0 aliphatic carbocycles. The molecule has 3 heterocycles. The molecule has 0 N–H and O–H groups in total. The highest BCUT2D eigenvalue weighted by Gasteiger charge is 2.09. The fraction of sp³-hybridized carbons (Fsp3) is 0.200. The number of thiophene rings is 1. The van der Waals surface area contributed by atoms with Crippen molar-refractivity contribution >= 4 is 16.9 Å². The first kappa shape index (κ1) is 12.9. The fourth-order valence-corrected chi connectivity index (χ4v) is 2.68. The molecule has 0 amide bonds. The molecule has 0 aliphatic heterocycles. The Morgan fingerprint density at radius 1 is 1.40 bits per heavy atom. The van der Waals surface area contributed by atoms with Gasteiger partial charge in [-0.3, -0.25) is 4.79 Å². The Balaban J connectivity index is 2.09. The van der Waals surface area contributed by atoms with E-state index in [9.17, 15) is 4.79 Å². The molecule has 3 rings (SSSR count). The van der Waals surface area contributed by atoms with Crippen molar-refractivity contribution in [3.63, 3.8) is 0 Å². The predicted octanol–water partition coefficient (Wildman–Crippen LogP) is 3.19. The Hall–Kier alpha value is -2.14. The van der Waals surface area contributed by atoms with Gasteiger partial charge in [0, 0.05) is 18.9 Å². The van der Waals surface area contributed by atoms with Crippen LogP contribution in [0.2, 0.25) is 0 Å². The van der Waals surface area contributed by atoms with Crippen LogP contribution in [0.25, 0.3) is 16.1 Å². The summed E-state index contributed by atoms with van der Waals surface area (Å²) in [4.78, 5) is 13.5. The maximum Gasteiger partial charge on any atom is 0.276 e. The van der Waals surface area contributed by atoms with Crippen molar-refractivity contribution in [3.05, 3.63) is 58.0 Å². The third-order valence-electron chi connectivity index (χ3n) is 3.07. The number of fused-ring (bicyclic) bond motifs is 1. The molecule has 0 atom stereocenters. The SMILES string of the molecule is CC(C)=CCn1ccn2nc(-c3cccs3)cc2c1=O. The number of hydrogen-bond acceptors (Lipinski definition) is 3. The summed E-state index contributed by atoms with van der Waals surface area (Å²) in [5.74, 6) is 0. The van der Waals surface area contributed by atoms with Crippen LogP contribution in [0.5, 0.6) is 0 Å². The summed E-state index contributed by atoms with van der Waals surface area (Å²) in [7, 11) is 0. The lowest BCUT2D eigenvalue weighted by Gasteiger charge is -2.02. The molecule has 3 aromatic rings. The number of aromatic nitrogens is 3. The molecular weight excluding hydrogens is 270 g/mol. The second-order valence-electron chi connectivity index (χ2n) is 4.87. The van der Waals surface area contributed by atoms with E-state index in [-0.39, 0.29) is 5.56 Å². The van der Waals surface area contributed by atoms with E-state index in [1.165, 1.54) is 5.57 Å². The largest absolute Gasteiger partial charge is 0.308 e. The molecule has 0 unspecified atom stereocenters. The summed E-state index contributed by atoms with van der Waals surface area (Å²) in [6.07, 6.45) is 5.64. The van der Waals surface area contributed by atoms with Gasteiger partial charge in [0.05, 0.1) is 4.88 Å². The highest BCUT2D eigenvalue weighted by molar-refractivity contribution is 7.13. The van der Waals surface area contributed by atoms with Crippen molar-refractivity contribution in [3.8, 4) is 10.6 Å². The van der Waals surface area contributed by atoms with Crippen LogP contribution in [0.4, 0.5) is 0 Å². The first-order valence-electron chi connectivity index (χ1n) is 6.41. The highest BCUT2D eigenvalue weighted by Crippen LogP contribution is 2.23. The van der Waals surface area contributed by atoms with Crippen LogP contribution in [-0.2, 0) is 6.54 Å². The number of rotatable bonds is 3. The van der Waals surface area contributed by atoms with Gasteiger partial charge >= 0.3 is 0 Å². The van der Waals surface area contributed by atoms with Crippen molar-refractivity contribution in [1.82, 2.24) is 14.2 Å². The van der Waals surface area contributed by atoms with Gasteiger partial charge in [0.1, 0.15) is 11.2 Å². The minimum absolute atomic E-state index is 0.0136. The van der Waals surface area contributed by atoms with Gasteiger partial charge < -0.3 is 4.57 Å². The fourth-order valence-electron chi connectivity index (χ4n) is 2.00. The van der Waals surface area contributed by atoms with Gasteiger partial charge in [-0.1, -0.05) is 17.7 Å². The van der Waals surface area contributed by atoms with Gasteiger partial charge in [-0.2, -0.15) is 5.10 Å². The van der Waals surface area contributed by atoms with E-state index in [0.717, 1.165) is 10.6 Å². The zero-order valence-corrected chi connectivity index (χ0v) is 12.2. The smallest absolute Gasteiger partial charge is 0.276 e. The average Bonchev–Trinajstić information content (AvgIpc) is 3.06. The normalized spacial score (nSPS) is 10.9. The van der Waals surface area contributed by atoms with E-state index in [4.69, 9.17) is 0 Å². The molecule has 0 spiro atoms. The van der Waals surface area contributed by atoms with Crippen LogP contribution >= 0.6 is 11.3 Å². The van der Waals surface area contributed by atoms with Crippen LogP contribution in [0, 0.1) is 0 Å². The van der Waals surface area contributed by atoms with Crippen molar-refractivity contribution in [1.29, 1.82) is 0 Å². The Morgan fingerprint density at radius 3 is 2.95 bits per heavy atom. The van der Waals surface area contributed by atoms with Crippen LogP contribution in [-0.4, -0.2) is 14.2 Å². The minimum atomic E-state index is -0.0136. The summed E-state index contributed by atoms with van der Waals surface area (Å²) in [5.41, 5.74) is 2.64. The van der Waals surface area contributed by atoms with E-state index in [1.807, 2.05) is 49.7 Å². The third kappa shape index (κ3) is 2.32. The van der Waals surface area contributed by atoms with Crippen molar-refractivity contribution in [2.75, 3.05) is 0 Å². The van der Waals surface area contributed by atoms with Gasteiger partial charge in [0.25, 0.3) is 5.56 Å². The Kier molecular flexibility index (Phi) is 3.28. The first-order valence-corrected chi connectivity index (χ1v) is 7.29. The van der Waals surface area contributed by atoms with Gasteiger partial charge in [0.2, 0.25) is 0 Å². The Bertz CT molecular complexity index is 821. The summed E-state index contributed by atoms with van der Waals surface area (Å²) in [6, 6.07) is 5.85. The molecule has 0 saturated heterocycles. The number of hydrogen-bond donors (Lipinski definition) is 0. The topological polar surface area (TPSA) is 39.3 Å². The number of nitrogens with zero attached hydrogens (tertiary/aromatic N) is 3. The molecular formula is C15H15N3OS. The van der Waals surface area contributed by atoms with Crippen molar-refractivity contribution in [2.24, 2.45) is 0 Å². The standard InChI is InChI=1S/C15H15N3OS/c1-11(2)5-6-17-7-8-18-13(15(17)19)10-12(16-18)14-4-3-9-20-14/h3-5,7-10H,6H2,1-2H3. The van der Waals surface area contributed by atoms with E-state index >= 15 is 0 Å². The van der Waals surface area contributed by atoms with Crippen LogP contribution in [0.15, 0.2) is 52.4 Å². The Labute approximate surface area is 120 Å². The minimum Gasteiger partial charge on any atom is -0.308 e. The second kappa shape index (κ2) is 5.09. The Morgan fingerprint density at radius 2 is 2.25 bits per heavy atom. The number of allylic oxidation sites excluding steroid dienone is 2. The molecule has 0 fully saturated rings. The zero-order valence-electron chi connectivity index (χ0n) is 11.4. The first-order chi connectivity index (χ1) is 9.65. The molecule has 3 aromatic heterocycles. The van der Waals surface area contributed by atoms with Crippen LogP contribution < -0.4 is 5.56 Å². The van der Waals surface area contributed by atoms with Gasteiger partial charge in [-0.05, 0) is 31.4 Å². The molecule has 0 aliphatic rings.